The largest absolute Gasteiger partial charge is 0.483 e. The molecule has 1 aliphatic heterocycles. The molecular weight excluding hydrogens is 424 g/mol. The van der Waals surface area contributed by atoms with Crippen molar-refractivity contribution in [2.24, 2.45) is 0 Å². The lowest BCUT2D eigenvalue weighted by atomic mass is 10.1. The number of hydrogen-bond acceptors (Lipinski definition) is 4. The Labute approximate surface area is 172 Å². The van der Waals surface area contributed by atoms with Crippen LogP contribution in [0.25, 0.3) is 0 Å². The second-order valence-electron chi connectivity index (χ2n) is 6.66. The van der Waals surface area contributed by atoms with E-state index in [1.54, 1.807) is 29.2 Å². The van der Waals surface area contributed by atoms with E-state index < -0.39 is 0 Å². The first-order valence-corrected chi connectivity index (χ1v) is 9.90. The SMILES string of the molecule is Cc1cc(Br)cc(C)c1OCC(=O)Nc1ccccc1C(=O)N1CCOCC1. The van der Waals surface area contributed by atoms with Crippen LogP contribution < -0.4 is 10.1 Å². The van der Waals surface area contributed by atoms with Gasteiger partial charge in [-0.1, -0.05) is 28.1 Å². The zero-order valence-corrected chi connectivity index (χ0v) is 17.5. The Bertz CT molecular complexity index is 855. The molecule has 2 amide bonds. The lowest BCUT2D eigenvalue weighted by Crippen LogP contribution is -2.41. The van der Waals surface area contributed by atoms with Gasteiger partial charge >= 0.3 is 0 Å². The van der Waals surface area contributed by atoms with Crippen molar-refractivity contribution in [2.45, 2.75) is 13.8 Å². The van der Waals surface area contributed by atoms with E-state index >= 15 is 0 Å². The number of carbonyl (C=O) groups is 2. The number of para-hydroxylation sites is 1. The van der Waals surface area contributed by atoms with Gasteiger partial charge in [-0.05, 0) is 49.2 Å². The lowest BCUT2D eigenvalue weighted by molar-refractivity contribution is -0.118. The molecule has 0 bridgehead atoms. The molecule has 0 unspecified atom stereocenters. The monoisotopic (exact) mass is 446 g/mol. The Hall–Kier alpha value is -2.38. The number of amides is 2. The Morgan fingerprint density at radius 3 is 2.46 bits per heavy atom. The van der Waals surface area contributed by atoms with E-state index in [4.69, 9.17) is 9.47 Å². The summed E-state index contributed by atoms with van der Waals surface area (Å²) in [6, 6.07) is 10.9. The van der Waals surface area contributed by atoms with Crippen LogP contribution in [0.3, 0.4) is 0 Å². The minimum Gasteiger partial charge on any atom is -0.483 e. The van der Waals surface area contributed by atoms with Gasteiger partial charge in [-0.3, -0.25) is 9.59 Å². The second-order valence-corrected chi connectivity index (χ2v) is 7.57. The number of benzene rings is 2. The van der Waals surface area contributed by atoms with E-state index in [2.05, 4.69) is 21.2 Å². The predicted molar refractivity (Wildman–Crippen MR) is 111 cm³/mol. The molecule has 1 heterocycles. The minimum atomic E-state index is -0.316. The van der Waals surface area contributed by atoms with Gasteiger partial charge in [0.1, 0.15) is 5.75 Å². The van der Waals surface area contributed by atoms with Crippen LogP contribution in [0.1, 0.15) is 21.5 Å². The molecule has 0 aliphatic carbocycles. The Kier molecular flexibility index (Phi) is 6.70. The molecule has 6 nitrogen and oxygen atoms in total. The lowest BCUT2D eigenvalue weighted by Gasteiger charge is -2.27. The second kappa shape index (κ2) is 9.21. The molecule has 0 spiro atoms. The van der Waals surface area contributed by atoms with Crippen molar-refractivity contribution in [1.82, 2.24) is 4.90 Å². The summed E-state index contributed by atoms with van der Waals surface area (Å²) in [5, 5.41) is 2.80. The maximum atomic E-state index is 12.8. The zero-order chi connectivity index (χ0) is 20.1. The van der Waals surface area contributed by atoms with Crippen LogP contribution in [0, 0.1) is 13.8 Å². The van der Waals surface area contributed by atoms with Crippen LogP contribution in [-0.2, 0) is 9.53 Å². The average Bonchev–Trinajstić information content (AvgIpc) is 2.67. The first kappa shape index (κ1) is 20.4. The van der Waals surface area contributed by atoms with Gasteiger partial charge in [0.2, 0.25) is 0 Å². The van der Waals surface area contributed by atoms with Gasteiger partial charge in [0, 0.05) is 17.6 Å². The summed E-state index contributed by atoms with van der Waals surface area (Å²) in [4.78, 5) is 27.0. The number of aryl methyl sites for hydroxylation is 2. The number of anilines is 1. The molecule has 1 saturated heterocycles. The van der Waals surface area contributed by atoms with Gasteiger partial charge in [0.25, 0.3) is 11.8 Å². The van der Waals surface area contributed by atoms with E-state index in [9.17, 15) is 9.59 Å². The van der Waals surface area contributed by atoms with Crippen LogP contribution >= 0.6 is 15.9 Å². The van der Waals surface area contributed by atoms with E-state index in [1.807, 2.05) is 26.0 Å². The molecular formula is C21H23BrN2O4. The number of carbonyl (C=O) groups excluding carboxylic acids is 2. The molecule has 1 fully saturated rings. The molecule has 2 aromatic rings. The van der Waals surface area contributed by atoms with Gasteiger partial charge in [-0.25, -0.2) is 0 Å². The molecule has 0 radical (unpaired) electrons. The highest BCUT2D eigenvalue weighted by Gasteiger charge is 2.21. The number of halogens is 1. The van der Waals surface area contributed by atoms with Crippen LogP contribution in [0.5, 0.6) is 5.75 Å². The molecule has 1 aliphatic rings. The number of hydrogen-bond donors (Lipinski definition) is 1. The number of nitrogens with zero attached hydrogens (tertiary/aromatic N) is 1. The highest BCUT2D eigenvalue weighted by Crippen LogP contribution is 2.27. The molecule has 1 N–H and O–H groups in total. The van der Waals surface area contributed by atoms with Crippen molar-refractivity contribution >= 4 is 33.4 Å². The molecule has 7 heteroatoms. The summed E-state index contributed by atoms with van der Waals surface area (Å²) in [7, 11) is 0. The Morgan fingerprint density at radius 1 is 1.14 bits per heavy atom. The van der Waals surface area contributed by atoms with Gasteiger partial charge in [-0.15, -0.1) is 0 Å². The number of rotatable bonds is 5. The summed E-state index contributed by atoms with van der Waals surface area (Å²) < 4.78 is 12.0. The third kappa shape index (κ3) is 4.91. The first-order chi connectivity index (χ1) is 13.5. The maximum absolute atomic E-state index is 12.8. The highest BCUT2D eigenvalue weighted by atomic mass is 79.9. The van der Waals surface area contributed by atoms with E-state index in [-0.39, 0.29) is 18.4 Å². The summed E-state index contributed by atoms with van der Waals surface area (Å²) in [5.74, 6) is 0.264. The summed E-state index contributed by atoms with van der Waals surface area (Å²) in [6.07, 6.45) is 0. The van der Waals surface area contributed by atoms with Crippen LogP contribution in [0.15, 0.2) is 40.9 Å². The fourth-order valence-electron chi connectivity index (χ4n) is 3.16. The molecule has 2 aromatic carbocycles. The fraction of sp³-hybridized carbons (Fsp3) is 0.333. The van der Waals surface area contributed by atoms with Crippen LogP contribution in [-0.4, -0.2) is 49.6 Å². The van der Waals surface area contributed by atoms with Crippen LogP contribution in [0.4, 0.5) is 5.69 Å². The molecule has 28 heavy (non-hydrogen) atoms. The van der Waals surface area contributed by atoms with Crippen molar-refractivity contribution in [2.75, 3.05) is 38.2 Å². The smallest absolute Gasteiger partial charge is 0.262 e. The van der Waals surface area contributed by atoms with E-state index in [0.717, 1.165) is 15.6 Å². The zero-order valence-electron chi connectivity index (χ0n) is 16.0. The first-order valence-electron chi connectivity index (χ1n) is 9.11. The van der Waals surface area contributed by atoms with Crippen molar-refractivity contribution in [1.29, 1.82) is 0 Å². The van der Waals surface area contributed by atoms with Crippen molar-refractivity contribution in [3.8, 4) is 5.75 Å². The molecule has 0 atom stereocenters. The highest BCUT2D eigenvalue weighted by molar-refractivity contribution is 9.10. The van der Waals surface area contributed by atoms with Crippen molar-refractivity contribution < 1.29 is 19.1 Å². The van der Waals surface area contributed by atoms with Crippen LogP contribution in [0.2, 0.25) is 0 Å². The summed E-state index contributed by atoms with van der Waals surface area (Å²) in [5.41, 5.74) is 2.84. The van der Waals surface area contributed by atoms with E-state index in [0.29, 0.717) is 43.3 Å². The third-order valence-electron chi connectivity index (χ3n) is 4.50. The van der Waals surface area contributed by atoms with E-state index in [1.165, 1.54) is 0 Å². The Balaban J connectivity index is 1.67. The fourth-order valence-corrected chi connectivity index (χ4v) is 3.85. The number of ether oxygens (including phenoxy) is 2. The van der Waals surface area contributed by atoms with Gasteiger partial charge in [0.15, 0.2) is 6.61 Å². The summed E-state index contributed by atoms with van der Waals surface area (Å²) >= 11 is 3.45. The topological polar surface area (TPSA) is 67.9 Å². The molecule has 0 saturated carbocycles. The van der Waals surface area contributed by atoms with Crippen molar-refractivity contribution in [3.63, 3.8) is 0 Å². The summed E-state index contributed by atoms with van der Waals surface area (Å²) in [6.45, 7) is 5.88. The number of morpholine rings is 1. The van der Waals surface area contributed by atoms with Gasteiger partial charge in [-0.2, -0.15) is 0 Å². The third-order valence-corrected chi connectivity index (χ3v) is 4.96. The van der Waals surface area contributed by atoms with Gasteiger partial charge in [0.05, 0.1) is 24.5 Å². The standard InChI is InChI=1S/C21H23BrN2O4/c1-14-11-16(22)12-15(2)20(14)28-13-19(25)23-18-6-4-3-5-17(18)21(26)24-7-9-27-10-8-24/h3-6,11-12H,7-10,13H2,1-2H3,(H,23,25). The normalized spacial score (nSPS) is 13.9. The maximum Gasteiger partial charge on any atom is 0.262 e. The Morgan fingerprint density at radius 2 is 1.79 bits per heavy atom. The minimum absolute atomic E-state index is 0.111. The quantitative estimate of drug-likeness (QED) is 0.762. The number of nitrogens with one attached hydrogen (secondary N) is 1. The van der Waals surface area contributed by atoms with Gasteiger partial charge < -0.3 is 19.7 Å². The molecule has 3 rings (SSSR count). The molecule has 0 aromatic heterocycles. The average molecular weight is 447 g/mol. The predicted octanol–water partition coefficient (Wildman–Crippen LogP) is 3.56. The molecule has 148 valence electrons. The van der Waals surface area contributed by atoms with Crippen molar-refractivity contribution in [3.05, 3.63) is 57.6 Å².